The minimum absolute atomic E-state index is 0.0265. The van der Waals surface area contributed by atoms with E-state index in [2.05, 4.69) is 22.7 Å². The van der Waals surface area contributed by atoms with Crippen LogP contribution in [-0.2, 0) is 10.0 Å². The first-order chi connectivity index (χ1) is 8.35. The van der Waals surface area contributed by atoms with Gasteiger partial charge in [0.15, 0.2) is 0 Å². The van der Waals surface area contributed by atoms with Crippen molar-refractivity contribution in [2.75, 3.05) is 19.3 Å². The van der Waals surface area contributed by atoms with Crippen LogP contribution in [0.15, 0.2) is 23.1 Å². The molecule has 100 valence electrons. The molecule has 1 rings (SSSR count). The Morgan fingerprint density at radius 2 is 2.11 bits per heavy atom. The molecule has 18 heavy (non-hydrogen) atoms. The summed E-state index contributed by atoms with van der Waals surface area (Å²) >= 11 is 3.85. The highest BCUT2D eigenvalue weighted by Gasteiger charge is 2.10. The maximum absolute atomic E-state index is 12.9. The third kappa shape index (κ3) is 4.28. The molecule has 0 unspecified atom stereocenters. The number of thiol groups is 1. The normalized spacial score (nSPS) is 11.3. The Balaban J connectivity index is 2.58. The summed E-state index contributed by atoms with van der Waals surface area (Å²) in [6, 6.07) is 3.71. The minimum Gasteiger partial charge on any atom is -0.351 e. The highest BCUT2D eigenvalue weighted by molar-refractivity contribution is 7.89. The van der Waals surface area contributed by atoms with E-state index in [-0.39, 0.29) is 22.8 Å². The van der Waals surface area contributed by atoms with E-state index in [4.69, 9.17) is 0 Å². The summed E-state index contributed by atoms with van der Waals surface area (Å²) in [4.78, 5) is 11.7. The number of nitrogens with one attached hydrogen (secondary N) is 2. The molecule has 0 saturated heterocycles. The van der Waals surface area contributed by atoms with Crippen LogP contribution in [0.25, 0.3) is 0 Å². The first kappa shape index (κ1) is 14.9. The van der Waals surface area contributed by atoms with Crippen molar-refractivity contribution in [2.45, 2.75) is 4.90 Å². The van der Waals surface area contributed by atoms with Crippen LogP contribution in [0.5, 0.6) is 0 Å². The molecule has 5 nitrogen and oxygen atoms in total. The summed E-state index contributed by atoms with van der Waals surface area (Å²) in [6.07, 6.45) is 0. The summed E-state index contributed by atoms with van der Waals surface area (Å²) in [5.41, 5.74) is 0.225. The number of carbonyl (C=O) groups is 1. The molecule has 1 aromatic rings. The third-order valence-electron chi connectivity index (χ3n) is 2.18. The average Bonchev–Trinajstić information content (AvgIpc) is 2.32. The lowest BCUT2D eigenvalue weighted by Crippen LogP contribution is -2.32. The molecule has 1 amide bonds. The fourth-order valence-electron chi connectivity index (χ4n) is 1.16. The van der Waals surface area contributed by atoms with Crippen molar-refractivity contribution >= 4 is 28.6 Å². The summed E-state index contributed by atoms with van der Waals surface area (Å²) in [6.45, 7) is -0.0265. The fraction of sp³-hybridized carbons (Fsp3) is 0.300. The van der Waals surface area contributed by atoms with Gasteiger partial charge in [0.2, 0.25) is 10.0 Å². The van der Waals surface area contributed by atoms with Crippen LogP contribution in [0.3, 0.4) is 0 Å². The molecule has 0 aliphatic rings. The van der Waals surface area contributed by atoms with Crippen molar-refractivity contribution in [3.63, 3.8) is 0 Å². The molecule has 0 fully saturated rings. The van der Waals surface area contributed by atoms with Crippen LogP contribution in [-0.4, -0.2) is 33.7 Å². The van der Waals surface area contributed by atoms with E-state index in [1.54, 1.807) is 0 Å². The maximum Gasteiger partial charge on any atom is 0.251 e. The monoisotopic (exact) mass is 292 g/mol. The van der Waals surface area contributed by atoms with Gasteiger partial charge in [-0.05, 0) is 25.2 Å². The largest absolute Gasteiger partial charge is 0.351 e. The summed E-state index contributed by atoms with van der Waals surface area (Å²) in [5, 5.41) is 2.42. The molecular formula is C10H13FN2O3S2. The van der Waals surface area contributed by atoms with Gasteiger partial charge in [-0.2, -0.15) is 0 Å². The van der Waals surface area contributed by atoms with E-state index in [1.807, 2.05) is 0 Å². The summed E-state index contributed by atoms with van der Waals surface area (Å²) < 4.78 is 37.2. The number of sulfonamides is 1. The Bertz CT molecular complexity index is 546. The zero-order valence-corrected chi connectivity index (χ0v) is 11.3. The molecule has 0 aliphatic heterocycles. The number of hydrogen-bond acceptors (Lipinski definition) is 4. The quantitative estimate of drug-likeness (QED) is 0.687. The third-order valence-corrected chi connectivity index (χ3v) is 3.88. The van der Waals surface area contributed by atoms with E-state index in [0.29, 0.717) is 0 Å². The molecule has 0 radical (unpaired) electrons. The molecule has 0 spiro atoms. The van der Waals surface area contributed by atoms with Gasteiger partial charge in [0.05, 0.1) is 5.75 Å². The lowest BCUT2D eigenvalue weighted by molar-refractivity contribution is 0.0956. The molecule has 0 heterocycles. The van der Waals surface area contributed by atoms with Crippen molar-refractivity contribution in [1.29, 1.82) is 0 Å². The van der Waals surface area contributed by atoms with Gasteiger partial charge in [0, 0.05) is 17.0 Å². The zero-order chi connectivity index (χ0) is 13.8. The number of halogens is 1. The predicted molar refractivity (Wildman–Crippen MR) is 68.8 cm³/mol. The SMILES string of the molecule is CNS(=O)(=O)CCNC(=O)c1ccc(F)c(S)c1. The van der Waals surface area contributed by atoms with Gasteiger partial charge < -0.3 is 5.32 Å². The van der Waals surface area contributed by atoms with Gasteiger partial charge >= 0.3 is 0 Å². The van der Waals surface area contributed by atoms with E-state index in [0.717, 1.165) is 6.07 Å². The molecule has 0 aliphatic carbocycles. The lowest BCUT2D eigenvalue weighted by atomic mass is 10.2. The Labute approximate surface area is 110 Å². The standard InChI is InChI=1S/C10H13FN2O3S2/c1-12-18(15,16)5-4-13-10(14)7-2-3-8(11)9(17)6-7/h2-3,6,12,17H,4-5H2,1H3,(H,13,14). The minimum atomic E-state index is -3.35. The summed E-state index contributed by atoms with van der Waals surface area (Å²) in [5.74, 6) is -1.21. The van der Waals surface area contributed by atoms with Gasteiger partial charge in [0.1, 0.15) is 5.82 Å². The van der Waals surface area contributed by atoms with Gasteiger partial charge in [-0.25, -0.2) is 17.5 Å². The highest BCUT2D eigenvalue weighted by Crippen LogP contribution is 2.13. The van der Waals surface area contributed by atoms with E-state index >= 15 is 0 Å². The van der Waals surface area contributed by atoms with Gasteiger partial charge in [-0.15, -0.1) is 12.6 Å². The number of rotatable bonds is 5. The molecule has 0 saturated carbocycles. The topological polar surface area (TPSA) is 75.3 Å². The highest BCUT2D eigenvalue weighted by atomic mass is 32.2. The van der Waals surface area contributed by atoms with Crippen LogP contribution in [0.1, 0.15) is 10.4 Å². The second kappa shape index (κ2) is 6.17. The Hall–Kier alpha value is -1.12. The van der Waals surface area contributed by atoms with Gasteiger partial charge in [-0.1, -0.05) is 0 Å². The van der Waals surface area contributed by atoms with Crippen LogP contribution in [0.2, 0.25) is 0 Å². The van der Waals surface area contributed by atoms with Crippen molar-refractivity contribution in [2.24, 2.45) is 0 Å². The second-order valence-corrected chi connectivity index (χ2v) is 5.97. The van der Waals surface area contributed by atoms with Gasteiger partial charge in [0.25, 0.3) is 5.91 Å². The molecule has 0 bridgehead atoms. The Morgan fingerprint density at radius 1 is 1.44 bits per heavy atom. The van der Waals surface area contributed by atoms with Crippen molar-refractivity contribution in [3.05, 3.63) is 29.6 Å². The van der Waals surface area contributed by atoms with E-state index < -0.39 is 21.7 Å². The smallest absolute Gasteiger partial charge is 0.251 e. The second-order valence-electron chi connectivity index (χ2n) is 3.45. The number of amides is 1. The lowest BCUT2D eigenvalue weighted by Gasteiger charge is -2.06. The molecule has 8 heteroatoms. The van der Waals surface area contributed by atoms with Crippen LogP contribution in [0, 0.1) is 5.82 Å². The maximum atomic E-state index is 12.9. The Kier molecular flexibility index (Phi) is 5.12. The van der Waals surface area contributed by atoms with Crippen LogP contribution < -0.4 is 10.0 Å². The first-order valence-electron chi connectivity index (χ1n) is 5.03. The molecular weight excluding hydrogens is 279 g/mol. The van der Waals surface area contributed by atoms with Crippen LogP contribution >= 0.6 is 12.6 Å². The zero-order valence-electron chi connectivity index (χ0n) is 9.60. The van der Waals surface area contributed by atoms with Crippen LogP contribution in [0.4, 0.5) is 4.39 Å². The first-order valence-corrected chi connectivity index (χ1v) is 7.13. The molecule has 0 aromatic heterocycles. The molecule has 2 N–H and O–H groups in total. The van der Waals surface area contributed by atoms with Crippen molar-refractivity contribution < 1.29 is 17.6 Å². The fourth-order valence-corrected chi connectivity index (χ4v) is 1.95. The van der Waals surface area contributed by atoms with Crippen molar-refractivity contribution in [1.82, 2.24) is 10.0 Å². The Morgan fingerprint density at radius 3 is 2.67 bits per heavy atom. The van der Waals surface area contributed by atoms with E-state index in [9.17, 15) is 17.6 Å². The van der Waals surface area contributed by atoms with Crippen molar-refractivity contribution in [3.8, 4) is 0 Å². The molecule has 1 aromatic carbocycles. The number of benzene rings is 1. The number of hydrogen-bond donors (Lipinski definition) is 3. The predicted octanol–water partition coefficient (Wildman–Crippen LogP) is 0.393. The number of carbonyl (C=O) groups excluding carboxylic acids is 1. The molecule has 0 atom stereocenters. The van der Waals surface area contributed by atoms with E-state index in [1.165, 1.54) is 19.2 Å². The van der Waals surface area contributed by atoms with Gasteiger partial charge in [-0.3, -0.25) is 4.79 Å². The average molecular weight is 292 g/mol. The summed E-state index contributed by atoms with van der Waals surface area (Å²) in [7, 11) is -2.06.